The number of benzene rings is 1. The summed E-state index contributed by atoms with van der Waals surface area (Å²) in [5, 5.41) is 0.247. The lowest BCUT2D eigenvalue weighted by atomic mass is 10.2. The molecule has 2 aromatic rings. The number of amides is 2. The number of carbonyl (C=O) groups excluding carboxylic acids is 2. The summed E-state index contributed by atoms with van der Waals surface area (Å²) in [4.78, 5) is 26.7. The quantitative estimate of drug-likeness (QED) is 0.697. The monoisotopic (exact) mass is 390 g/mol. The van der Waals surface area contributed by atoms with E-state index in [9.17, 15) is 9.59 Å². The van der Waals surface area contributed by atoms with E-state index >= 15 is 0 Å². The van der Waals surface area contributed by atoms with Crippen LogP contribution < -0.4 is 4.90 Å². The first-order chi connectivity index (χ1) is 12.4. The van der Waals surface area contributed by atoms with Crippen LogP contribution in [0.2, 0.25) is 5.02 Å². The number of aromatic nitrogens is 1. The maximum absolute atomic E-state index is 12.7. The average Bonchev–Trinajstić information content (AvgIpc) is 3.03. The zero-order valence-corrected chi connectivity index (χ0v) is 16.4. The highest BCUT2D eigenvalue weighted by Gasteiger charge is 2.36. The zero-order chi connectivity index (χ0) is 18.8. The Hall–Kier alpha value is -2.02. The van der Waals surface area contributed by atoms with Gasteiger partial charge >= 0.3 is 0 Å². The maximum Gasteiger partial charge on any atom is 0.298 e. The molecule has 5 nitrogen and oxygen atoms in total. The first kappa shape index (κ1) is 18.8. The Kier molecular flexibility index (Phi) is 5.55. The van der Waals surface area contributed by atoms with Crippen molar-refractivity contribution in [3.8, 4) is 0 Å². The summed E-state index contributed by atoms with van der Waals surface area (Å²) in [6, 6.07) is 8.66. The van der Waals surface area contributed by atoms with Gasteiger partial charge < -0.3 is 9.30 Å². The van der Waals surface area contributed by atoms with Crippen LogP contribution >= 0.6 is 23.4 Å². The molecule has 1 aliphatic rings. The number of hydrogen-bond donors (Lipinski definition) is 0. The number of nitrogens with zero attached hydrogens (tertiary/aromatic N) is 2. The molecule has 2 amide bonds. The molecule has 0 atom stereocenters. The second-order valence-corrected chi connectivity index (χ2v) is 7.39. The normalized spacial score (nSPS) is 16.2. The van der Waals surface area contributed by atoms with Crippen molar-refractivity contribution >= 4 is 46.3 Å². The standard InChI is InChI=1S/C19H19ClN2O3S/c1-12-10-14(13(2)21(12)8-9-25-3)11-17-18(23)22(19(24)26-17)16-6-4-15(20)5-7-16/h4-7,10-11H,8-9H2,1-3H3/b17-11-. The minimum atomic E-state index is -0.316. The second kappa shape index (κ2) is 7.70. The van der Waals surface area contributed by atoms with Crippen molar-refractivity contribution in [2.24, 2.45) is 0 Å². The lowest BCUT2D eigenvalue weighted by molar-refractivity contribution is -0.113. The molecule has 0 aliphatic carbocycles. The Labute approximate surface area is 161 Å². The molecule has 0 unspecified atom stereocenters. The fourth-order valence-corrected chi connectivity index (χ4v) is 3.88. The molecule has 3 rings (SSSR count). The first-order valence-corrected chi connectivity index (χ1v) is 9.31. The molecule has 1 fully saturated rings. The Bertz CT molecular complexity index is 887. The van der Waals surface area contributed by atoms with E-state index in [0.29, 0.717) is 22.2 Å². The van der Waals surface area contributed by atoms with Gasteiger partial charge in [-0.1, -0.05) is 11.6 Å². The summed E-state index contributed by atoms with van der Waals surface area (Å²) >= 11 is 6.83. The molecule has 0 spiro atoms. The third-order valence-electron chi connectivity index (χ3n) is 4.30. The number of halogens is 1. The average molecular weight is 391 g/mol. The SMILES string of the molecule is COCCn1c(C)cc(/C=C2\SC(=O)N(c3ccc(Cl)cc3)C2=O)c1C. The van der Waals surface area contributed by atoms with Gasteiger partial charge in [0.15, 0.2) is 0 Å². The smallest absolute Gasteiger partial charge is 0.298 e. The van der Waals surface area contributed by atoms with Gasteiger partial charge in [0.1, 0.15) is 0 Å². The molecule has 0 N–H and O–H groups in total. The molecule has 7 heteroatoms. The summed E-state index contributed by atoms with van der Waals surface area (Å²) in [5.74, 6) is -0.316. The van der Waals surface area contributed by atoms with E-state index in [1.165, 1.54) is 4.90 Å². The first-order valence-electron chi connectivity index (χ1n) is 8.11. The van der Waals surface area contributed by atoms with Gasteiger partial charge in [-0.05, 0) is 67.6 Å². The molecule has 0 saturated carbocycles. The van der Waals surface area contributed by atoms with Crippen molar-refractivity contribution in [3.63, 3.8) is 0 Å². The van der Waals surface area contributed by atoms with Crippen molar-refractivity contribution in [3.05, 3.63) is 57.2 Å². The number of aryl methyl sites for hydroxylation is 1. The van der Waals surface area contributed by atoms with E-state index < -0.39 is 0 Å². The van der Waals surface area contributed by atoms with E-state index in [1.54, 1.807) is 37.5 Å². The Morgan fingerprint density at radius 1 is 1.19 bits per heavy atom. The van der Waals surface area contributed by atoms with Gasteiger partial charge in [-0.2, -0.15) is 0 Å². The minimum absolute atomic E-state index is 0.309. The van der Waals surface area contributed by atoms with Gasteiger partial charge in [0.2, 0.25) is 0 Å². The fraction of sp³-hybridized carbons (Fsp3) is 0.263. The highest BCUT2D eigenvalue weighted by atomic mass is 35.5. The van der Waals surface area contributed by atoms with Crippen LogP contribution in [0.15, 0.2) is 35.2 Å². The third-order valence-corrected chi connectivity index (χ3v) is 5.42. The molecule has 2 heterocycles. The van der Waals surface area contributed by atoms with Crippen molar-refractivity contribution < 1.29 is 14.3 Å². The summed E-state index contributed by atoms with van der Waals surface area (Å²) in [5.41, 5.74) is 3.58. The van der Waals surface area contributed by atoms with E-state index in [2.05, 4.69) is 4.57 Å². The minimum Gasteiger partial charge on any atom is -0.383 e. The maximum atomic E-state index is 12.7. The lowest BCUT2D eigenvalue weighted by Gasteiger charge is -2.12. The molecule has 1 aliphatic heterocycles. The van der Waals surface area contributed by atoms with Crippen molar-refractivity contribution in [2.75, 3.05) is 18.6 Å². The molecular weight excluding hydrogens is 372 g/mol. The van der Waals surface area contributed by atoms with Crippen LogP contribution in [-0.2, 0) is 16.1 Å². The Morgan fingerprint density at radius 3 is 2.54 bits per heavy atom. The van der Waals surface area contributed by atoms with Gasteiger partial charge in [0.05, 0.1) is 17.2 Å². The zero-order valence-electron chi connectivity index (χ0n) is 14.8. The molecular formula is C19H19ClN2O3S. The van der Waals surface area contributed by atoms with E-state index in [-0.39, 0.29) is 11.1 Å². The van der Waals surface area contributed by atoms with Crippen LogP contribution in [0.1, 0.15) is 17.0 Å². The Morgan fingerprint density at radius 2 is 1.88 bits per heavy atom. The largest absolute Gasteiger partial charge is 0.383 e. The van der Waals surface area contributed by atoms with E-state index in [0.717, 1.165) is 35.3 Å². The van der Waals surface area contributed by atoms with Crippen LogP contribution in [0.3, 0.4) is 0 Å². The topological polar surface area (TPSA) is 51.5 Å². The van der Waals surface area contributed by atoms with Gasteiger partial charge in [0.25, 0.3) is 11.1 Å². The summed E-state index contributed by atoms with van der Waals surface area (Å²) in [6.07, 6.45) is 1.78. The van der Waals surface area contributed by atoms with Gasteiger partial charge in [-0.15, -0.1) is 0 Å². The number of imide groups is 1. The molecule has 1 aromatic carbocycles. The van der Waals surface area contributed by atoms with E-state index in [4.69, 9.17) is 16.3 Å². The highest BCUT2D eigenvalue weighted by Crippen LogP contribution is 2.36. The summed E-state index contributed by atoms with van der Waals surface area (Å²) in [6.45, 7) is 5.37. The van der Waals surface area contributed by atoms with Gasteiger partial charge in [-0.3, -0.25) is 9.59 Å². The van der Waals surface area contributed by atoms with Crippen LogP contribution in [-0.4, -0.2) is 29.4 Å². The molecule has 136 valence electrons. The van der Waals surface area contributed by atoms with Crippen LogP contribution in [0.25, 0.3) is 6.08 Å². The number of methoxy groups -OCH3 is 1. The number of carbonyl (C=O) groups is 2. The number of hydrogen-bond acceptors (Lipinski definition) is 4. The number of ether oxygens (including phenoxy) is 1. The third kappa shape index (κ3) is 3.58. The number of rotatable bonds is 5. The van der Waals surface area contributed by atoms with Crippen LogP contribution in [0.5, 0.6) is 0 Å². The molecule has 0 radical (unpaired) electrons. The van der Waals surface area contributed by atoms with Gasteiger partial charge in [0, 0.05) is 30.1 Å². The molecule has 1 aromatic heterocycles. The highest BCUT2D eigenvalue weighted by molar-refractivity contribution is 8.19. The molecule has 0 bridgehead atoms. The summed E-state index contributed by atoms with van der Waals surface area (Å²) in [7, 11) is 1.67. The number of anilines is 1. The molecule has 1 saturated heterocycles. The number of thioether (sulfide) groups is 1. The lowest BCUT2D eigenvalue weighted by Crippen LogP contribution is -2.27. The fourth-order valence-electron chi connectivity index (χ4n) is 2.92. The van der Waals surface area contributed by atoms with Crippen LogP contribution in [0, 0.1) is 13.8 Å². The van der Waals surface area contributed by atoms with Crippen molar-refractivity contribution in [2.45, 2.75) is 20.4 Å². The predicted octanol–water partition coefficient (Wildman–Crippen LogP) is 4.65. The second-order valence-electron chi connectivity index (χ2n) is 5.96. The Balaban J connectivity index is 1.90. The van der Waals surface area contributed by atoms with Gasteiger partial charge in [-0.25, -0.2) is 4.90 Å². The molecule has 26 heavy (non-hydrogen) atoms. The predicted molar refractivity (Wildman–Crippen MR) is 106 cm³/mol. The van der Waals surface area contributed by atoms with Crippen molar-refractivity contribution in [1.82, 2.24) is 4.57 Å². The van der Waals surface area contributed by atoms with Crippen molar-refractivity contribution in [1.29, 1.82) is 0 Å². The van der Waals surface area contributed by atoms with Crippen LogP contribution in [0.4, 0.5) is 10.5 Å². The van der Waals surface area contributed by atoms with E-state index in [1.807, 2.05) is 19.9 Å². The summed E-state index contributed by atoms with van der Waals surface area (Å²) < 4.78 is 7.28.